The average Bonchev–Trinajstić information content (AvgIpc) is 2.46. The van der Waals surface area contributed by atoms with Crippen LogP contribution in [0.25, 0.3) is 0 Å². The number of para-hydroxylation sites is 1. The first-order valence-corrected chi connectivity index (χ1v) is 6.97. The summed E-state index contributed by atoms with van der Waals surface area (Å²) in [5.41, 5.74) is 3.10. The molecule has 1 aliphatic rings. The molecule has 1 atom stereocenters. The van der Waals surface area contributed by atoms with Crippen molar-refractivity contribution in [2.24, 2.45) is 5.41 Å². The third kappa shape index (κ3) is 1.75. The van der Waals surface area contributed by atoms with Crippen LogP contribution in [-0.4, -0.2) is 5.91 Å². The highest BCUT2D eigenvalue weighted by atomic mass is 16.2. The van der Waals surface area contributed by atoms with Gasteiger partial charge in [0.1, 0.15) is 0 Å². The molecule has 1 unspecified atom stereocenters. The van der Waals surface area contributed by atoms with Crippen molar-refractivity contribution in [1.29, 1.82) is 0 Å². The monoisotopic (exact) mass is 265 g/mol. The minimum atomic E-state index is -0.345. The van der Waals surface area contributed by atoms with E-state index in [2.05, 4.69) is 19.1 Å². The molecule has 20 heavy (non-hydrogen) atoms. The predicted octanol–water partition coefficient (Wildman–Crippen LogP) is 4.11. The quantitative estimate of drug-likeness (QED) is 0.748. The Morgan fingerprint density at radius 1 is 0.950 bits per heavy atom. The van der Waals surface area contributed by atoms with Crippen molar-refractivity contribution in [1.82, 2.24) is 0 Å². The van der Waals surface area contributed by atoms with E-state index >= 15 is 0 Å². The van der Waals surface area contributed by atoms with Crippen LogP contribution in [0.4, 0.5) is 5.69 Å². The van der Waals surface area contributed by atoms with Crippen molar-refractivity contribution in [3.8, 4) is 0 Å². The van der Waals surface area contributed by atoms with Crippen LogP contribution >= 0.6 is 0 Å². The Morgan fingerprint density at radius 2 is 1.55 bits per heavy atom. The van der Waals surface area contributed by atoms with Crippen LogP contribution in [0.3, 0.4) is 0 Å². The normalized spacial score (nSPS) is 20.6. The first kappa shape index (κ1) is 12.9. The molecule has 102 valence electrons. The van der Waals surface area contributed by atoms with Crippen LogP contribution in [-0.2, 0) is 4.79 Å². The van der Waals surface area contributed by atoms with Gasteiger partial charge < -0.3 is 4.90 Å². The summed E-state index contributed by atoms with van der Waals surface area (Å²) in [6.45, 7) is 6.18. The predicted molar refractivity (Wildman–Crippen MR) is 81.6 cm³/mol. The van der Waals surface area contributed by atoms with Crippen LogP contribution < -0.4 is 4.90 Å². The first-order chi connectivity index (χ1) is 9.53. The Hall–Kier alpha value is -2.09. The van der Waals surface area contributed by atoms with Gasteiger partial charge in [-0.25, -0.2) is 0 Å². The number of hydrogen-bond donors (Lipinski definition) is 0. The van der Waals surface area contributed by atoms with Crippen molar-refractivity contribution >= 4 is 11.6 Å². The number of carbonyl (C=O) groups excluding carboxylic acids is 1. The highest BCUT2D eigenvalue weighted by Crippen LogP contribution is 2.52. The lowest BCUT2D eigenvalue weighted by Gasteiger charge is -2.53. The maximum absolute atomic E-state index is 12.5. The summed E-state index contributed by atoms with van der Waals surface area (Å²) in [6, 6.07) is 18.4. The minimum absolute atomic E-state index is 0.110. The molecule has 0 aliphatic carbocycles. The molecule has 2 heteroatoms. The molecule has 0 bridgehead atoms. The second kappa shape index (κ2) is 4.48. The van der Waals surface area contributed by atoms with Crippen molar-refractivity contribution < 1.29 is 4.79 Å². The molecule has 2 aromatic carbocycles. The van der Waals surface area contributed by atoms with Gasteiger partial charge in [-0.1, -0.05) is 42.5 Å². The Morgan fingerprint density at radius 3 is 2.20 bits per heavy atom. The highest BCUT2D eigenvalue weighted by molar-refractivity contribution is 6.05. The van der Waals surface area contributed by atoms with E-state index in [9.17, 15) is 4.79 Å². The standard InChI is InChI=1S/C18H19NO/c1-13-9-7-8-12-15(13)16-18(2,3)17(20)19(16)14-10-5-4-6-11-14/h4-12,16H,1-3H3. The Balaban J connectivity index is 2.07. The molecular weight excluding hydrogens is 246 g/mol. The van der Waals surface area contributed by atoms with Crippen molar-refractivity contribution in [2.75, 3.05) is 4.90 Å². The smallest absolute Gasteiger partial charge is 0.235 e. The van der Waals surface area contributed by atoms with Gasteiger partial charge in [-0.15, -0.1) is 0 Å². The van der Waals surface area contributed by atoms with Gasteiger partial charge in [-0.3, -0.25) is 4.79 Å². The molecule has 0 radical (unpaired) electrons. The lowest BCUT2D eigenvalue weighted by molar-refractivity contribution is -0.137. The summed E-state index contributed by atoms with van der Waals surface area (Å²) >= 11 is 0. The van der Waals surface area contributed by atoms with Crippen molar-refractivity contribution in [2.45, 2.75) is 26.8 Å². The molecule has 0 aromatic heterocycles. The number of rotatable bonds is 2. The topological polar surface area (TPSA) is 20.3 Å². The zero-order valence-corrected chi connectivity index (χ0v) is 12.1. The van der Waals surface area contributed by atoms with Gasteiger partial charge in [-0.2, -0.15) is 0 Å². The van der Waals surface area contributed by atoms with Crippen LogP contribution in [0.1, 0.15) is 31.0 Å². The molecule has 3 rings (SSSR count). The van der Waals surface area contributed by atoms with E-state index in [4.69, 9.17) is 0 Å². The molecule has 0 spiro atoms. The third-order valence-corrected chi connectivity index (χ3v) is 4.23. The lowest BCUT2D eigenvalue weighted by atomic mass is 9.69. The second-order valence-corrected chi connectivity index (χ2v) is 5.99. The molecule has 1 aliphatic heterocycles. The lowest BCUT2D eigenvalue weighted by Crippen LogP contribution is -2.61. The fourth-order valence-corrected chi connectivity index (χ4v) is 3.08. The van der Waals surface area contributed by atoms with Gasteiger partial charge in [0.15, 0.2) is 0 Å². The van der Waals surface area contributed by atoms with Gasteiger partial charge >= 0.3 is 0 Å². The van der Waals surface area contributed by atoms with Gasteiger partial charge in [0.2, 0.25) is 5.91 Å². The van der Waals surface area contributed by atoms with Gasteiger partial charge in [0.05, 0.1) is 11.5 Å². The van der Waals surface area contributed by atoms with E-state index in [0.717, 1.165) is 5.69 Å². The summed E-state index contributed by atoms with van der Waals surface area (Å²) in [6.07, 6.45) is 0. The SMILES string of the molecule is Cc1ccccc1C1N(c2ccccc2)C(=O)C1(C)C. The third-order valence-electron chi connectivity index (χ3n) is 4.23. The number of aryl methyl sites for hydroxylation is 1. The van der Waals surface area contributed by atoms with Crippen LogP contribution in [0, 0.1) is 12.3 Å². The Labute approximate surface area is 120 Å². The molecule has 1 saturated heterocycles. The van der Waals surface area contributed by atoms with E-state index in [1.165, 1.54) is 11.1 Å². The summed E-state index contributed by atoms with van der Waals surface area (Å²) in [5, 5.41) is 0. The van der Waals surface area contributed by atoms with Crippen LogP contribution in [0.15, 0.2) is 54.6 Å². The number of nitrogens with zero attached hydrogens (tertiary/aromatic N) is 1. The molecule has 1 amide bonds. The number of amides is 1. The molecule has 1 heterocycles. The van der Waals surface area contributed by atoms with Crippen molar-refractivity contribution in [3.05, 3.63) is 65.7 Å². The maximum atomic E-state index is 12.5. The minimum Gasteiger partial charge on any atom is -0.303 e. The van der Waals surface area contributed by atoms with E-state index < -0.39 is 0 Å². The van der Waals surface area contributed by atoms with Crippen LogP contribution in [0.5, 0.6) is 0 Å². The number of β-lactam (4-membered cyclic amide) rings is 1. The Bertz CT molecular complexity index is 645. The molecule has 2 aromatic rings. The summed E-state index contributed by atoms with van der Waals surface area (Å²) in [4.78, 5) is 14.4. The van der Waals surface area contributed by atoms with E-state index in [0.29, 0.717) is 0 Å². The van der Waals surface area contributed by atoms with E-state index in [-0.39, 0.29) is 17.4 Å². The summed E-state index contributed by atoms with van der Waals surface area (Å²) < 4.78 is 0. The largest absolute Gasteiger partial charge is 0.303 e. The summed E-state index contributed by atoms with van der Waals surface area (Å²) in [5.74, 6) is 0.192. The second-order valence-electron chi connectivity index (χ2n) is 5.99. The number of anilines is 1. The molecule has 1 fully saturated rings. The van der Waals surface area contributed by atoms with Crippen molar-refractivity contribution in [3.63, 3.8) is 0 Å². The summed E-state index contributed by atoms with van der Waals surface area (Å²) in [7, 11) is 0. The fourth-order valence-electron chi connectivity index (χ4n) is 3.08. The molecule has 0 N–H and O–H groups in total. The Kier molecular flexibility index (Phi) is 2.89. The average molecular weight is 265 g/mol. The molecule has 2 nitrogen and oxygen atoms in total. The maximum Gasteiger partial charge on any atom is 0.235 e. The van der Waals surface area contributed by atoms with E-state index in [1.54, 1.807) is 0 Å². The fraction of sp³-hybridized carbons (Fsp3) is 0.278. The first-order valence-electron chi connectivity index (χ1n) is 6.97. The zero-order chi connectivity index (χ0) is 14.3. The number of hydrogen-bond acceptors (Lipinski definition) is 1. The highest BCUT2D eigenvalue weighted by Gasteiger charge is 2.55. The number of carbonyl (C=O) groups is 1. The zero-order valence-electron chi connectivity index (χ0n) is 12.1. The van der Waals surface area contributed by atoms with Gasteiger partial charge in [0.25, 0.3) is 0 Å². The molecular formula is C18H19NO. The van der Waals surface area contributed by atoms with Crippen LogP contribution in [0.2, 0.25) is 0 Å². The van der Waals surface area contributed by atoms with E-state index in [1.807, 2.05) is 61.2 Å². The number of benzene rings is 2. The van der Waals surface area contributed by atoms with Gasteiger partial charge in [0, 0.05) is 5.69 Å². The molecule has 0 saturated carbocycles. The van der Waals surface area contributed by atoms with Gasteiger partial charge in [-0.05, 0) is 44.0 Å².